The van der Waals surface area contributed by atoms with Crippen LogP contribution in [0.2, 0.25) is 0 Å². The summed E-state index contributed by atoms with van der Waals surface area (Å²) in [5.41, 5.74) is 1.59. The molecule has 0 saturated carbocycles. The minimum Gasteiger partial charge on any atom is -0.478 e. The molecule has 1 aliphatic rings. The van der Waals surface area contributed by atoms with Crippen LogP contribution >= 0.6 is 11.3 Å². The quantitative estimate of drug-likeness (QED) is 0.936. The first-order valence-corrected chi connectivity index (χ1v) is 8.04. The Labute approximate surface area is 133 Å². The zero-order valence-electron chi connectivity index (χ0n) is 12.6. The molecule has 1 aliphatic heterocycles. The molecule has 0 spiro atoms. The van der Waals surface area contributed by atoms with Crippen molar-refractivity contribution in [1.82, 2.24) is 14.9 Å². The number of rotatable bonds is 4. The van der Waals surface area contributed by atoms with Crippen LogP contribution in [0.25, 0.3) is 0 Å². The lowest BCUT2D eigenvalue weighted by Gasteiger charge is -2.20. The maximum Gasteiger partial charge on any atom is 0.259 e. The first kappa shape index (κ1) is 14.9. The Morgan fingerprint density at radius 3 is 3.09 bits per heavy atom. The number of hydrogen-bond donors (Lipinski definition) is 1. The minimum atomic E-state index is -0.199. The number of amides is 1. The second-order valence-corrected chi connectivity index (χ2v) is 6.23. The molecule has 3 heterocycles. The predicted molar refractivity (Wildman–Crippen MR) is 85.5 cm³/mol. The van der Waals surface area contributed by atoms with Crippen LogP contribution in [0.4, 0.5) is 5.13 Å². The van der Waals surface area contributed by atoms with Crippen molar-refractivity contribution in [1.29, 1.82) is 0 Å². The van der Waals surface area contributed by atoms with E-state index >= 15 is 0 Å². The number of fused-ring (bicyclic) bond motifs is 1. The Morgan fingerprint density at radius 1 is 1.50 bits per heavy atom. The van der Waals surface area contributed by atoms with Gasteiger partial charge >= 0.3 is 0 Å². The fraction of sp³-hybridized carbons (Fsp3) is 0.400. The van der Waals surface area contributed by atoms with Crippen molar-refractivity contribution in [2.75, 3.05) is 25.5 Å². The maximum atomic E-state index is 12.2. The lowest BCUT2D eigenvalue weighted by molar-refractivity contribution is 0.102. The summed E-state index contributed by atoms with van der Waals surface area (Å²) in [6, 6.07) is 3.40. The second-order valence-electron chi connectivity index (χ2n) is 5.15. The van der Waals surface area contributed by atoms with Gasteiger partial charge in [-0.05, 0) is 20.0 Å². The summed E-state index contributed by atoms with van der Waals surface area (Å²) in [5, 5.41) is 3.50. The van der Waals surface area contributed by atoms with Crippen LogP contribution in [0.15, 0.2) is 18.3 Å². The van der Waals surface area contributed by atoms with E-state index in [1.54, 1.807) is 23.5 Å². The number of aromatic nitrogens is 2. The Morgan fingerprint density at radius 2 is 2.36 bits per heavy atom. The second kappa shape index (κ2) is 6.41. The van der Waals surface area contributed by atoms with Gasteiger partial charge in [0.25, 0.3) is 5.91 Å². The molecule has 0 radical (unpaired) electrons. The third kappa shape index (κ3) is 3.26. The highest BCUT2D eigenvalue weighted by molar-refractivity contribution is 7.15. The van der Waals surface area contributed by atoms with Gasteiger partial charge in [0, 0.05) is 36.7 Å². The molecule has 0 aromatic carbocycles. The van der Waals surface area contributed by atoms with Crippen molar-refractivity contribution in [3.05, 3.63) is 34.5 Å². The van der Waals surface area contributed by atoms with E-state index < -0.39 is 0 Å². The number of carbonyl (C=O) groups is 1. The Bertz CT molecular complexity index is 669. The highest BCUT2D eigenvalue weighted by Crippen LogP contribution is 2.28. The summed E-state index contributed by atoms with van der Waals surface area (Å²) in [5.74, 6) is 0.321. The fourth-order valence-corrected chi connectivity index (χ4v) is 3.38. The van der Waals surface area contributed by atoms with Crippen molar-refractivity contribution in [2.24, 2.45) is 0 Å². The number of pyridine rings is 1. The van der Waals surface area contributed by atoms with E-state index in [-0.39, 0.29) is 5.91 Å². The average molecular weight is 318 g/mol. The fourth-order valence-electron chi connectivity index (χ4n) is 2.29. The molecule has 0 fully saturated rings. The molecule has 0 unspecified atom stereocenters. The van der Waals surface area contributed by atoms with Gasteiger partial charge in [0.15, 0.2) is 5.13 Å². The Kier molecular flexibility index (Phi) is 4.35. The maximum absolute atomic E-state index is 12.2. The smallest absolute Gasteiger partial charge is 0.259 e. The summed E-state index contributed by atoms with van der Waals surface area (Å²) in [6.45, 7) is 4.35. The zero-order chi connectivity index (χ0) is 15.5. The largest absolute Gasteiger partial charge is 0.478 e. The molecule has 7 heteroatoms. The lowest BCUT2D eigenvalue weighted by atomic mass is 10.2. The van der Waals surface area contributed by atoms with Gasteiger partial charge in [-0.3, -0.25) is 10.1 Å². The van der Waals surface area contributed by atoms with Crippen molar-refractivity contribution >= 4 is 22.4 Å². The van der Waals surface area contributed by atoms with Crippen LogP contribution in [0, 0.1) is 0 Å². The molecule has 0 aliphatic carbocycles. The molecule has 116 valence electrons. The molecule has 22 heavy (non-hydrogen) atoms. The highest BCUT2D eigenvalue weighted by Gasteiger charge is 2.19. The number of nitrogens with zero attached hydrogens (tertiary/aromatic N) is 3. The normalized spacial score (nSPS) is 14.5. The standard InChI is InChI=1S/C15H18N4O2S/c1-3-21-13-5-4-10(8-16-13)14(20)18-15-17-11-6-7-19(2)9-12(11)22-15/h4-5,8H,3,6-7,9H2,1-2H3,(H,17,18,20). The van der Waals surface area contributed by atoms with Crippen LogP contribution in [0.1, 0.15) is 27.9 Å². The number of ether oxygens (including phenoxy) is 1. The molecule has 2 aromatic rings. The van der Waals surface area contributed by atoms with Gasteiger partial charge in [-0.1, -0.05) is 0 Å². The monoisotopic (exact) mass is 318 g/mol. The molecular formula is C15H18N4O2S. The number of anilines is 1. The predicted octanol–water partition coefficient (Wildman–Crippen LogP) is 2.18. The summed E-state index contributed by atoms with van der Waals surface area (Å²) < 4.78 is 5.27. The van der Waals surface area contributed by atoms with Gasteiger partial charge in [-0.25, -0.2) is 9.97 Å². The highest BCUT2D eigenvalue weighted by atomic mass is 32.1. The Balaban J connectivity index is 1.69. The van der Waals surface area contributed by atoms with E-state index in [4.69, 9.17) is 4.74 Å². The molecule has 3 rings (SSSR count). The van der Waals surface area contributed by atoms with Crippen molar-refractivity contribution in [3.63, 3.8) is 0 Å². The molecular weight excluding hydrogens is 300 g/mol. The van der Waals surface area contributed by atoms with Gasteiger partial charge in [-0.15, -0.1) is 11.3 Å². The summed E-state index contributed by atoms with van der Waals surface area (Å²) in [4.78, 5) is 24.3. The molecule has 0 bridgehead atoms. The molecule has 0 atom stereocenters. The van der Waals surface area contributed by atoms with E-state index in [2.05, 4.69) is 27.2 Å². The molecule has 2 aromatic heterocycles. The summed E-state index contributed by atoms with van der Waals surface area (Å²) in [6.07, 6.45) is 2.45. The van der Waals surface area contributed by atoms with Crippen molar-refractivity contribution < 1.29 is 9.53 Å². The summed E-state index contributed by atoms with van der Waals surface area (Å²) >= 11 is 1.54. The van der Waals surface area contributed by atoms with Crippen LogP contribution in [0.3, 0.4) is 0 Å². The molecule has 0 saturated heterocycles. The van der Waals surface area contributed by atoms with E-state index in [1.807, 2.05) is 6.92 Å². The van der Waals surface area contributed by atoms with E-state index in [1.165, 1.54) is 11.1 Å². The summed E-state index contributed by atoms with van der Waals surface area (Å²) in [7, 11) is 2.09. The number of likely N-dealkylation sites (N-methyl/N-ethyl adjacent to an activating group) is 1. The topological polar surface area (TPSA) is 67.3 Å². The first-order valence-electron chi connectivity index (χ1n) is 7.23. The van der Waals surface area contributed by atoms with Crippen LogP contribution < -0.4 is 10.1 Å². The van der Waals surface area contributed by atoms with Crippen LogP contribution in [-0.2, 0) is 13.0 Å². The van der Waals surface area contributed by atoms with E-state index in [9.17, 15) is 4.79 Å². The Hall–Kier alpha value is -1.99. The molecule has 6 nitrogen and oxygen atoms in total. The number of thiazole rings is 1. The minimum absolute atomic E-state index is 0.199. The van der Waals surface area contributed by atoms with Crippen molar-refractivity contribution in [3.8, 4) is 5.88 Å². The van der Waals surface area contributed by atoms with E-state index in [0.29, 0.717) is 23.2 Å². The van der Waals surface area contributed by atoms with Gasteiger partial charge in [0.05, 0.1) is 17.9 Å². The van der Waals surface area contributed by atoms with Gasteiger partial charge in [0.1, 0.15) is 0 Å². The number of carbonyl (C=O) groups excluding carboxylic acids is 1. The number of hydrogen-bond acceptors (Lipinski definition) is 6. The van der Waals surface area contributed by atoms with Gasteiger partial charge in [-0.2, -0.15) is 0 Å². The first-order chi connectivity index (χ1) is 10.7. The third-order valence-corrected chi connectivity index (χ3v) is 4.43. The average Bonchev–Trinajstić information content (AvgIpc) is 2.89. The third-order valence-electron chi connectivity index (χ3n) is 3.43. The number of nitrogens with one attached hydrogen (secondary N) is 1. The van der Waals surface area contributed by atoms with Gasteiger partial charge in [0.2, 0.25) is 5.88 Å². The van der Waals surface area contributed by atoms with Crippen molar-refractivity contribution in [2.45, 2.75) is 19.9 Å². The SMILES string of the molecule is CCOc1ccc(C(=O)Nc2nc3c(s2)CN(C)CC3)cn1. The molecule has 1 N–H and O–H groups in total. The lowest BCUT2D eigenvalue weighted by Crippen LogP contribution is -2.25. The van der Waals surface area contributed by atoms with Gasteiger partial charge < -0.3 is 9.64 Å². The van der Waals surface area contributed by atoms with Crippen LogP contribution in [-0.4, -0.2) is 41.0 Å². The van der Waals surface area contributed by atoms with E-state index in [0.717, 1.165) is 25.2 Å². The molecule has 1 amide bonds. The zero-order valence-corrected chi connectivity index (χ0v) is 13.4. The van der Waals surface area contributed by atoms with Crippen LogP contribution in [0.5, 0.6) is 5.88 Å².